The van der Waals surface area contributed by atoms with Crippen molar-refractivity contribution in [2.75, 3.05) is 25.0 Å². The highest BCUT2D eigenvalue weighted by Gasteiger charge is 2.22. The highest BCUT2D eigenvalue weighted by atomic mass is 35.5. The minimum absolute atomic E-state index is 0.0330. The molecule has 4 rings (SSSR count). The molecule has 1 N–H and O–H groups in total. The second kappa shape index (κ2) is 10.2. The van der Waals surface area contributed by atoms with Crippen LogP contribution in [0.1, 0.15) is 31.4 Å². The number of amides is 1. The lowest BCUT2D eigenvalue weighted by Crippen LogP contribution is -2.24. The summed E-state index contributed by atoms with van der Waals surface area (Å²) < 4.78 is 20.1. The van der Waals surface area contributed by atoms with Gasteiger partial charge < -0.3 is 10.1 Å². The summed E-state index contributed by atoms with van der Waals surface area (Å²) in [6.07, 6.45) is 2.32. The average Bonchev–Trinajstić information content (AvgIpc) is 3.34. The third-order valence-corrected chi connectivity index (χ3v) is 6.08. The SMILES string of the molecule is CC(c1ccc(OCC(=O)Nc2ccc(-c3ccc(Cl)cc3)cc2)cc1F)N1CCCC1. The number of hydrogen-bond acceptors (Lipinski definition) is 3. The molecule has 0 aromatic heterocycles. The van der Waals surface area contributed by atoms with E-state index in [2.05, 4.69) is 10.2 Å². The number of nitrogens with one attached hydrogen (secondary N) is 1. The van der Waals surface area contributed by atoms with Crippen molar-refractivity contribution in [3.8, 4) is 16.9 Å². The van der Waals surface area contributed by atoms with Crippen LogP contribution in [-0.4, -0.2) is 30.5 Å². The van der Waals surface area contributed by atoms with Crippen LogP contribution >= 0.6 is 11.6 Å². The van der Waals surface area contributed by atoms with Gasteiger partial charge in [0.05, 0.1) is 0 Å². The van der Waals surface area contributed by atoms with Crippen molar-refractivity contribution < 1.29 is 13.9 Å². The molecule has 0 radical (unpaired) electrons. The van der Waals surface area contributed by atoms with Crippen LogP contribution in [0.5, 0.6) is 5.75 Å². The third kappa shape index (κ3) is 5.47. The summed E-state index contributed by atoms with van der Waals surface area (Å²) in [6.45, 7) is 3.83. The number of rotatable bonds is 7. The molecule has 0 aliphatic carbocycles. The minimum Gasteiger partial charge on any atom is -0.484 e. The molecular weight excluding hydrogens is 427 g/mol. The van der Waals surface area contributed by atoms with Crippen LogP contribution in [0.2, 0.25) is 5.02 Å². The average molecular weight is 453 g/mol. The van der Waals surface area contributed by atoms with E-state index in [0.29, 0.717) is 22.0 Å². The highest BCUT2D eigenvalue weighted by Crippen LogP contribution is 2.28. The molecular formula is C26H26ClFN2O2. The molecule has 166 valence electrons. The summed E-state index contributed by atoms with van der Waals surface area (Å²) in [5.41, 5.74) is 3.39. The van der Waals surface area contributed by atoms with Gasteiger partial charge in [-0.2, -0.15) is 0 Å². The van der Waals surface area contributed by atoms with Crippen LogP contribution in [0.4, 0.5) is 10.1 Å². The number of ether oxygens (including phenoxy) is 1. The Bertz CT molecular complexity index is 1060. The van der Waals surface area contributed by atoms with Gasteiger partial charge in [-0.25, -0.2) is 4.39 Å². The maximum atomic E-state index is 14.6. The molecule has 1 unspecified atom stereocenters. The minimum atomic E-state index is -0.306. The van der Waals surface area contributed by atoms with Crippen molar-refractivity contribution in [2.45, 2.75) is 25.8 Å². The molecule has 1 amide bonds. The molecule has 1 fully saturated rings. The van der Waals surface area contributed by atoms with E-state index in [1.165, 1.54) is 6.07 Å². The lowest BCUT2D eigenvalue weighted by Gasteiger charge is -2.24. The lowest BCUT2D eigenvalue weighted by molar-refractivity contribution is -0.118. The van der Waals surface area contributed by atoms with Crippen LogP contribution in [0.3, 0.4) is 0 Å². The van der Waals surface area contributed by atoms with Crippen LogP contribution in [0.25, 0.3) is 11.1 Å². The number of likely N-dealkylation sites (tertiary alicyclic amines) is 1. The largest absolute Gasteiger partial charge is 0.484 e. The van der Waals surface area contributed by atoms with E-state index in [-0.39, 0.29) is 24.4 Å². The number of carbonyl (C=O) groups is 1. The zero-order valence-corrected chi connectivity index (χ0v) is 18.7. The van der Waals surface area contributed by atoms with E-state index in [1.54, 1.807) is 12.1 Å². The van der Waals surface area contributed by atoms with Gasteiger partial charge in [0.15, 0.2) is 6.61 Å². The van der Waals surface area contributed by atoms with Crippen molar-refractivity contribution in [2.24, 2.45) is 0 Å². The molecule has 32 heavy (non-hydrogen) atoms. The number of hydrogen-bond donors (Lipinski definition) is 1. The van der Waals surface area contributed by atoms with E-state index in [0.717, 1.165) is 37.1 Å². The van der Waals surface area contributed by atoms with Crippen molar-refractivity contribution in [1.29, 1.82) is 0 Å². The Morgan fingerprint density at radius 2 is 1.66 bits per heavy atom. The van der Waals surface area contributed by atoms with E-state index in [1.807, 2.05) is 55.5 Å². The summed E-state index contributed by atoms with van der Waals surface area (Å²) in [6, 6.07) is 19.9. The third-order valence-electron chi connectivity index (χ3n) is 5.83. The molecule has 0 saturated carbocycles. The van der Waals surface area contributed by atoms with Gasteiger partial charge in [-0.05, 0) is 74.3 Å². The Morgan fingerprint density at radius 3 is 2.28 bits per heavy atom. The predicted octanol–water partition coefficient (Wildman–Crippen LogP) is 6.32. The molecule has 6 heteroatoms. The first-order valence-corrected chi connectivity index (χ1v) is 11.2. The Morgan fingerprint density at radius 1 is 1.03 bits per heavy atom. The Hall–Kier alpha value is -2.89. The fraction of sp³-hybridized carbons (Fsp3) is 0.269. The molecule has 4 nitrogen and oxygen atoms in total. The number of nitrogens with zero attached hydrogens (tertiary/aromatic N) is 1. The van der Waals surface area contributed by atoms with Crippen LogP contribution in [0.15, 0.2) is 66.7 Å². The lowest BCUT2D eigenvalue weighted by atomic mass is 10.1. The first kappa shape index (κ1) is 22.3. The topological polar surface area (TPSA) is 41.6 Å². The molecule has 3 aromatic rings. The molecule has 0 spiro atoms. The molecule has 1 aliphatic heterocycles. The van der Waals surface area contributed by atoms with Crippen LogP contribution in [0, 0.1) is 5.82 Å². The Kier molecular flexibility index (Phi) is 7.08. The van der Waals surface area contributed by atoms with Crippen LogP contribution in [-0.2, 0) is 4.79 Å². The van der Waals surface area contributed by atoms with Gasteiger partial charge in [0, 0.05) is 28.4 Å². The first-order valence-electron chi connectivity index (χ1n) is 10.8. The standard InChI is InChI=1S/C26H26ClFN2O2/c1-18(30-14-2-3-15-30)24-13-12-23(16-25(24)28)32-17-26(31)29-22-10-6-20(7-11-22)19-4-8-21(27)9-5-19/h4-13,16,18H,2-3,14-15,17H2,1H3,(H,29,31). The Labute approximate surface area is 193 Å². The maximum absolute atomic E-state index is 14.6. The molecule has 1 heterocycles. The summed E-state index contributed by atoms with van der Waals surface area (Å²) >= 11 is 5.93. The van der Waals surface area contributed by atoms with E-state index >= 15 is 0 Å². The number of benzene rings is 3. The number of anilines is 1. The van der Waals surface area contributed by atoms with E-state index < -0.39 is 0 Å². The molecule has 0 bridgehead atoms. The van der Waals surface area contributed by atoms with E-state index in [9.17, 15) is 9.18 Å². The van der Waals surface area contributed by atoms with Crippen molar-refractivity contribution in [3.05, 3.63) is 83.1 Å². The van der Waals surface area contributed by atoms with E-state index in [4.69, 9.17) is 16.3 Å². The fourth-order valence-electron chi connectivity index (χ4n) is 4.00. The molecule has 1 aliphatic rings. The van der Waals surface area contributed by atoms with Gasteiger partial charge in [0.25, 0.3) is 5.91 Å². The normalized spacial score (nSPS) is 14.8. The predicted molar refractivity (Wildman–Crippen MR) is 127 cm³/mol. The van der Waals surface area contributed by atoms with Crippen LogP contribution < -0.4 is 10.1 Å². The fourth-order valence-corrected chi connectivity index (χ4v) is 4.12. The molecule has 1 saturated heterocycles. The molecule has 1 atom stereocenters. The summed E-state index contributed by atoms with van der Waals surface area (Å²) in [5, 5.41) is 3.48. The second-order valence-electron chi connectivity index (χ2n) is 8.02. The van der Waals surface area contributed by atoms with Crippen molar-refractivity contribution in [1.82, 2.24) is 4.90 Å². The molecule has 3 aromatic carbocycles. The second-order valence-corrected chi connectivity index (χ2v) is 8.46. The number of halogens is 2. The van der Waals surface area contributed by atoms with Crippen molar-refractivity contribution >= 4 is 23.2 Å². The summed E-state index contributed by atoms with van der Waals surface area (Å²) in [4.78, 5) is 14.5. The smallest absolute Gasteiger partial charge is 0.262 e. The monoisotopic (exact) mass is 452 g/mol. The summed E-state index contributed by atoms with van der Waals surface area (Å²) in [7, 11) is 0. The summed E-state index contributed by atoms with van der Waals surface area (Å²) in [5.74, 6) is -0.271. The van der Waals surface area contributed by atoms with Gasteiger partial charge >= 0.3 is 0 Å². The zero-order chi connectivity index (χ0) is 22.5. The van der Waals surface area contributed by atoms with Gasteiger partial charge in [-0.1, -0.05) is 41.9 Å². The quantitative estimate of drug-likeness (QED) is 0.456. The highest BCUT2D eigenvalue weighted by molar-refractivity contribution is 6.30. The first-order chi connectivity index (χ1) is 15.5. The number of carbonyl (C=O) groups excluding carboxylic acids is 1. The zero-order valence-electron chi connectivity index (χ0n) is 18.0. The van der Waals surface area contributed by atoms with Crippen molar-refractivity contribution in [3.63, 3.8) is 0 Å². The van der Waals surface area contributed by atoms with Gasteiger partial charge in [0.2, 0.25) is 0 Å². The Balaban J connectivity index is 1.31. The maximum Gasteiger partial charge on any atom is 0.262 e. The van der Waals surface area contributed by atoms with Gasteiger partial charge in [-0.3, -0.25) is 9.69 Å². The van der Waals surface area contributed by atoms with Gasteiger partial charge in [-0.15, -0.1) is 0 Å². The van der Waals surface area contributed by atoms with Gasteiger partial charge in [0.1, 0.15) is 11.6 Å².